The number of ether oxygens (including phenoxy) is 4. The second kappa shape index (κ2) is 11.4. The van der Waals surface area contributed by atoms with Crippen molar-refractivity contribution < 1.29 is 18.9 Å². The Hall–Kier alpha value is -3.20. The normalized spacial score (nSPS) is 14.8. The van der Waals surface area contributed by atoms with Crippen LogP contribution in [0.3, 0.4) is 0 Å². The minimum atomic E-state index is 0.612. The van der Waals surface area contributed by atoms with Gasteiger partial charge in [0.15, 0.2) is 17.5 Å². The Kier molecular flexibility index (Phi) is 8.38. The summed E-state index contributed by atoms with van der Waals surface area (Å²) in [5, 5.41) is 3.43. The number of hydrogen-bond donors (Lipinski definition) is 1. The van der Waals surface area contributed by atoms with E-state index in [0.717, 1.165) is 49.8 Å². The summed E-state index contributed by atoms with van der Waals surface area (Å²) < 4.78 is 21.5. The highest BCUT2D eigenvalue weighted by Crippen LogP contribution is 2.38. The number of pyridine rings is 1. The molecule has 0 amide bonds. The van der Waals surface area contributed by atoms with Gasteiger partial charge in [0.1, 0.15) is 0 Å². The van der Waals surface area contributed by atoms with Crippen LogP contribution in [0.4, 0.5) is 0 Å². The average Bonchev–Trinajstić information content (AvgIpc) is 2.85. The van der Waals surface area contributed by atoms with Gasteiger partial charge in [0.05, 0.1) is 28.4 Å². The van der Waals surface area contributed by atoms with Gasteiger partial charge in [-0.05, 0) is 23.3 Å². The van der Waals surface area contributed by atoms with E-state index in [-0.39, 0.29) is 0 Å². The zero-order valence-electron chi connectivity index (χ0n) is 19.6. The predicted octanol–water partition coefficient (Wildman–Crippen LogP) is 2.01. The molecule has 1 aromatic carbocycles. The Labute approximate surface area is 190 Å². The molecule has 0 atom stereocenters. The number of guanidine groups is 1. The molecular formula is C23H33N5O4. The van der Waals surface area contributed by atoms with Crippen molar-refractivity contribution >= 4 is 5.96 Å². The first-order valence-electron chi connectivity index (χ1n) is 10.6. The molecule has 0 radical (unpaired) electrons. The summed E-state index contributed by atoms with van der Waals surface area (Å²) in [6.45, 7) is 5.13. The number of aliphatic imine (C=N–C) groups is 1. The number of hydrogen-bond acceptors (Lipinski definition) is 7. The van der Waals surface area contributed by atoms with Crippen LogP contribution in [-0.2, 0) is 13.1 Å². The number of nitrogens with zero attached hydrogens (tertiary/aromatic N) is 4. The lowest BCUT2D eigenvalue weighted by atomic mass is 10.1. The second-order valence-corrected chi connectivity index (χ2v) is 7.41. The van der Waals surface area contributed by atoms with Crippen molar-refractivity contribution in [1.82, 2.24) is 20.1 Å². The highest BCUT2D eigenvalue weighted by atomic mass is 16.5. The second-order valence-electron chi connectivity index (χ2n) is 7.41. The minimum absolute atomic E-state index is 0.612. The van der Waals surface area contributed by atoms with Gasteiger partial charge in [0.2, 0.25) is 11.6 Å². The number of aromatic nitrogens is 1. The van der Waals surface area contributed by atoms with E-state index in [1.807, 2.05) is 37.5 Å². The van der Waals surface area contributed by atoms with Gasteiger partial charge in [-0.2, -0.15) is 0 Å². The first-order chi connectivity index (χ1) is 15.6. The third-order valence-electron chi connectivity index (χ3n) is 5.47. The van der Waals surface area contributed by atoms with Gasteiger partial charge in [0, 0.05) is 58.6 Å². The van der Waals surface area contributed by atoms with Gasteiger partial charge in [-0.1, -0.05) is 6.07 Å². The van der Waals surface area contributed by atoms with E-state index in [0.29, 0.717) is 29.7 Å². The highest BCUT2D eigenvalue weighted by molar-refractivity contribution is 5.80. The summed E-state index contributed by atoms with van der Waals surface area (Å²) in [6, 6.07) is 7.89. The Morgan fingerprint density at radius 1 is 0.938 bits per heavy atom. The molecular weight excluding hydrogens is 410 g/mol. The number of methoxy groups -OCH3 is 4. The molecule has 0 aliphatic carbocycles. The smallest absolute Gasteiger partial charge is 0.212 e. The summed E-state index contributed by atoms with van der Waals surface area (Å²) in [5.74, 6) is 3.48. The molecule has 0 unspecified atom stereocenters. The number of benzene rings is 1. The van der Waals surface area contributed by atoms with Gasteiger partial charge in [0.25, 0.3) is 0 Å². The van der Waals surface area contributed by atoms with Crippen molar-refractivity contribution in [2.75, 3.05) is 61.7 Å². The van der Waals surface area contributed by atoms with E-state index in [9.17, 15) is 0 Å². The molecule has 9 heteroatoms. The molecule has 2 aromatic rings. The predicted molar refractivity (Wildman–Crippen MR) is 124 cm³/mol. The molecule has 9 nitrogen and oxygen atoms in total. The van der Waals surface area contributed by atoms with Crippen LogP contribution >= 0.6 is 0 Å². The van der Waals surface area contributed by atoms with Gasteiger partial charge in [-0.3, -0.25) is 9.89 Å². The molecule has 1 fully saturated rings. The molecule has 174 valence electrons. The lowest BCUT2D eigenvalue weighted by molar-refractivity contribution is 0.172. The lowest BCUT2D eigenvalue weighted by Gasteiger charge is -2.36. The Morgan fingerprint density at radius 2 is 1.62 bits per heavy atom. The van der Waals surface area contributed by atoms with Crippen LogP contribution in [0.1, 0.15) is 11.1 Å². The topological polar surface area (TPSA) is 80.7 Å². The van der Waals surface area contributed by atoms with E-state index in [1.165, 1.54) is 0 Å². The molecule has 1 aromatic heterocycles. The Bertz CT molecular complexity index is 871. The van der Waals surface area contributed by atoms with E-state index >= 15 is 0 Å². The number of nitrogens with one attached hydrogen (secondary N) is 1. The molecule has 1 saturated heterocycles. The fraction of sp³-hybridized carbons (Fsp3) is 0.478. The fourth-order valence-electron chi connectivity index (χ4n) is 3.75. The van der Waals surface area contributed by atoms with E-state index in [4.69, 9.17) is 18.9 Å². The van der Waals surface area contributed by atoms with Gasteiger partial charge < -0.3 is 29.2 Å². The van der Waals surface area contributed by atoms with Crippen LogP contribution in [0, 0.1) is 0 Å². The molecule has 1 aliphatic rings. The maximum atomic E-state index is 5.48. The minimum Gasteiger partial charge on any atom is -0.493 e. The van der Waals surface area contributed by atoms with Crippen molar-refractivity contribution in [2.45, 2.75) is 13.1 Å². The summed E-state index contributed by atoms with van der Waals surface area (Å²) >= 11 is 0. The maximum absolute atomic E-state index is 5.48. The SMILES string of the molecule is CN=C(NCc1ccc(OC)nc1)N1CCN(Cc2cc(OC)c(OC)c(OC)c2)CC1. The maximum Gasteiger partial charge on any atom is 0.212 e. The number of rotatable bonds is 8. The molecule has 0 bridgehead atoms. The van der Waals surface area contributed by atoms with Crippen LogP contribution in [-0.4, -0.2) is 82.4 Å². The van der Waals surface area contributed by atoms with Crippen LogP contribution in [0.2, 0.25) is 0 Å². The Balaban J connectivity index is 1.54. The van der Waals surface area contributed by atoms with E-state index in [2.05, 4.69) is 25.1 Å². The van der Waals surface area contributed by atoms with E-state index in [1.54, 1.807) is 28.4 Å². The molecule has 1 aliphatic heterocycles. The summed E-state index contributed by atoms with van der Waals surface area (Å²) in [4.78, 5) is 13.4. The molecule has 1 N–H and O–H groups in total. The van der Waals surface area contributed by atoms with Gasteiger partial charge in [-0.25, -0.2) is 4.98 Å². The first kappa shape index (κ1) is 23.5. The van der Waals surface area contributed by atoms with Gasteiger partial charge in [-0.15, -0.1) is 0 Å². The van der Waals surface area contributed by atoms with Crippen molar-refractivity contribution in [3.8, 4) is 23.1 Å². The number of piperazine rings is 1. The zero-order chi connectivity index (χ0) is 22.9. The monoisotopic (exact) mass is 443 g/mol. The standard InChI is InChI=1S/C23H33N5O4/c1-24-23(26-15-17-6-7-21(31-4)25-14-17)28-10-8-27(9-11-28)16-18-12-19(29-2)22(32-5)20(13-18)30-3/h6-7,12-14H,8-11,15-16H2,1-5H3,(H,24,26). The molecule has 0 saturated carbocycles. The summed E-state index contributed by atoms with van der Waals surface area (Å²) in [7, 11) is 8.33. The van der Waals surface area contributed by atoms with Crippen molar-refractivity contribution in [3.63, 3.8) is 0 Å². The Morgan fingerprint density at radius 3 is 2.12 bits per heavy atom. The van der Waals surface area contributed by atoms with Gasteiger partial charge >= 0.3 is 0 Å². The molecule has 32 heavy (non-hydrogen) atoms. The van der Waals surface area contributed by atoms with Crippen molar-refractivity contribution in [3.05, 3.63) is 41.6 Å². The van der Waals surface area contributed by atoms with Crippen LogP contribution < -0.4 is 24.3 Å². The van der Waals surface area contributed by atoms with Crippen molar-refractivity contribution in [2.24, 2.45) is 4.99 Å². The quantitative estimate of drug-likeness (QED) is 0.490. The van der Waals surface area contributed by atoms with Crippen LogP contribution in [0.5, 0.6) is 23.1 Å². The molecule has 2 heterocycles. The lowest BCUT2D eigenvalue weighted by Crippen LogP contribution is -2.52. The average molecular weight is 444 g/mol. The van der Waals surface area contributed by atoms with Crippen molar-refractivity contribution in [1.29, 1.82) is 0 Å². The third kappa shape index (κ3) is 5.73. The third-order valence-corrected chi connectivity index (χ3v) is 5.47. The molecule has 3 rings (SSSR count). The fourth-order valence-corrected chi connectivity index (χ4v) is 3.75. The van der Waals surface area contributed by atoms with Crippen LogP contribution in [0.25, 0.3) is 0 Å². The first-order valence-corrected chi connectivity index (χ1v) is 10.6. The summed E-state index contributed by atoms with van der Waals surface area (Å²) in [5.41, 5.74) is 2.20. The van der Waals surface area contributed by atoms with Crippen LogP contribution in [0.15, 0.2) is 35.5 Å². The molecule has 0 spiro atoms. The zero-order valence-corrected chi connectivity index (χ0v) is 19.6. The summed E-state index contributed by atoms with van der Waals surface area (Å²) in [6.07, 6.45) is 1.81. The highest BCUT2D eigenvalue weighted by Gasteiger charge is 2.21. The van der Waals surface area contributed by atoms with E-state index < -0.39 is 0 Å². The largest absolute Gasteiger partial charge is 0.493 e.